The number of Topliss-reactive ketones (excluding diaryl/α,β-unsaturated/α-hetero) is 3. The Hall–Kier alpha value is -4.56. The first-order valence-electron chi connectivity index (χ1n) is 14.7. The number of alkyl halides is 1. The summed E-state index contributed by atoms with van der Waals surface area (Å²) >= 11 is 3.36. The summed E-state index contributed by atoms with van der Waals surface area (Å²) in [5.41, 5.74) is 7.67. The van der Waals surface area contributed by atoms with E-state index in [-0.39, 0.29) is 35.3 Å². The van der Waals surface area contributed by atoms with E-state index < -0.39 is 5.97 Å². The maximum Gasteiger partial charge on any atom is 0.313 e. The molecule has 244 valence electrons. The molecule has 0 fully saturated rings. The molecule has 0 radical (unpaired) electrons. The minimum absolute atomic E-state index is 0.133. The molecule has 4 aromatic rings. The molecule has 0 heterocycles. The Kier molecular flexibility index (Phi) is 17.6. The van der Waals surface area contributed by atoms with E-state index in [0.29, 0.717) is 17.7 Å². The van der Waals surface area contributed by atoms with Crippen LogP contribution in [0.2, 0.25) is 0 Å². The van der Waals surface area contributed by atoms with Crippen LogP contribution in [0, 0.1) is 27.7 Å². The summed E-state index contributed by atoms with van der Waals surface area (Å²) in [6.45, 7) is 13.0. The quantitative estimate of drug-likeness (QED) is 0.0654. The summed E-state index contributed by atoms with van der Waals surface area (Å²) in [6, 6.07) is 25.5. The van der Waals surface area contributed by atoms with Crippen molar-refractivity contribution >= 4 is 39.2 Å². The minimum atomic E-state index is -0.467. The number of carbonyl (C=O) groups is 4. The van der Waals surface area contributed by atoms with Crippen LogP contribution in [0.1, 0.15) is 86.1 Å². The molecule has 0 bridgehead atoms. The van der Waals surface area contributed by atoms with Crippen molar-refractivity contribution in [3.05, 3.63) is 129 Å². The molecule has 0 aliphatic rings. The number of aryl methyl sites for hydroxylation is 4. The molecule has 0 spiro atoms. The first-order valence-corrected chi connectivity index (χ1v) is 15.8. The molecule has 4 aromatic carbocycles. The van der Waals surface area contributed by atoms with Gasteiger partial charge in [-0.15, -0.1) is 0 Å². The number of phenols is 2. The number of ketones is 3. The fourth-order valence-corrected chi connectivity index (χ4v) is 4.00. The van der Waals surface area contributed by atoms with Gasteiger partial charge in [0.15, 0.2) is 28.8 Å². The van der Waals surface area contributed by atoms with E-state index >= 15 is 0 Å². The molecule has 0 unspecified atom stereocenters. The zero-order chi connectivity index (χ0) is 34.8. The van der Waals surface area contributed by atoms with E-state index in [2.05, 4.69) is 28.1 Å². The van der Waals surface area contributed by atoms with Crippen molar-refractivity contribution in [2.75, 3.05) is 6.61 Å². The zero-order valence-electron chi connectivity index (χ0n) is 27.5. The molecule has 4 rings (SSSR count). The Labute approximate surface area is 280 Å². The maximum atomic E-state index is 11.7. The summed E-state index contributed by atoms with van der Waals surface area (Å²) in [7, 11) is 0. The Morgan fingerprint density at radius 3 is 1.54 bits per heavy atom. The number of rotatable bonds is 7. The van der Waals surface area contributed by atoms with Gasteiger partial charge in [0.05, 0.1) is 6.61 Å². The van der Waals surface area contributed by atoms with Crippen molar-refractivity contribution in [1.82, 2.24) is 0 Å². The predicted octanol–water partition coefficient (Wildman–Crippen LogP) is 8.83. The van der Waals surface area contributed by atoms with Gasteiger partial charge in [-0.2, -0.15) is 0 Å². The topological polar surface area (TPSA) is 118 Å². The average molecular weight is 692 g/mol. The van der Waals surface area contributed by atoms with Crippen LogP contribution in [0.5, 0.6) is 11.5 Å². The zero-order valence-corrected chi connectivity index (χ0v) is 29.1. The van der Waals surface area contributed by atoms with Crippen LogP contribution in [-0.4, -0.2) is 40.1 Å². The summed E-state index contributed by atoms with van der Waals surface area (Å²) < 4.78 is 4.73. The summed E-state index contributed by atoms with van der Waals surface area (Å²) in [5, 5.41) is 18.8. The first kappa shape index (κ1) is 39.5. The standard InChI is InChI=1S/C13H16O3.C10H12O.C8H8O3.C7H7Br/c1-4-16-13(15)8-12(14)11-6-5-9(2)10(3)7-11;1-7-4-5-10(9(3)11)6-8(7)2;1-5(9)6-2-3-7(10)8(11)4-6;8-6-7-4-2-1-3-5-7/h5-7H,4,8H2,1-3H3;4-6H,1-3H3;2-4,10-11H,1H3;1-5H,6H2. The number of hydrogen-bond donors (Lipinski definition) is 2. The second-order valence-corrected chi connectivity index (χ2v) is 11.0. The Bertz CT molecular complexity index is 1550. The van der Waals surface area contributed by atoms with Crippen LogP contribution in [0.4, 0.5) is 0 Å². The van der Waals surface area contributed by atoms with Gasteiger partial charge in [-0.1, -0.05) is 70.5 Å². The lowest BCUT2D eigenvalue weighted by Gasteiger charge is -2.04. The number of benzene rings is 4. The highest BCUT2D eigenvalue weighted by Gasteiger charge is 2.13. The normalized spacial score (nSPS) is 9.65. The summed E-state index contributed by atoms with van der Waals surface area (Å²) in [6.07, 6.45) is -0.184. The van der Waals surface area contributed by atoms with E-state index in [1.54, 1.807) is 26.0 Å². The molecular formula is C38H43BrO7. The van der Waals surface area contributed by atoms with Crippen LogP contribution in [-0.2, 0) is 14.9 Å². The van der Waals surface area contributed by atoms with Gasteiger partial charge < -0.3 is 14.9 Å². The predicted molar refractivity (Wildman–Crippen MR) is 186 cm³/mol. The number of hydrogen-bond acceptors (Lipinski definition) is 7. The molecule has 2 N–H and O–H groups in total. The van der Waals surface area contributed by atoms with Gasteiger partial charge in [-0.3, -0.25) is 19.2 Å². The van der Waals surface area contributed by atoms with E-state index in [4.69, 9.17) is 14.9 Å². The number of ether oxygens (including phenoxy) is 1. The highest BCUT2D eigenvalue weighted by atomic mass is 79.9. The molecule has 0 aromatic heterocycles. The molecule has 0 atom stereocenters. The molecule has 46 heavy (non-hydrogen) atoms. The molecule has 0 saturated carbocycles. The first-order chi connectivity index (χ1) is 21.7. The van der Waals surface area contributed by atoms with Gasteiger partial charge >= 0.3 is 5.97 Å². The van der Waals surface area contributed by atoms with E-state index in [1.165, 1.54) is 41.8 Å². The van der Waals surface area contributed by atoms with Crippen molar-refractivity contribution in [1.29, 1.82) is 0 Å². The van der Waals surface area contributed by atoms with Crippen molar-refractivity contribution in [2.24, 2.45) is 0 Å². The summed E-state index contributed by atoms with van der Waals surface area (Å²) in [5.74, 6) is -1.15. The molecule has 0 saturated heterocycles. The highest BCUT2D eigenvalue weighted by Crippen LogP contribution is 2.24. The van der Waals surface area contributed by atoms with Crippen LogP contribution < -0.4 is 0 Å². The molecular weight excluding hydrogens is 648 g/mol. The van der Waals surface area contributed by atoms with E-state index in [0.717, 1.165) is 22.0 Å². The number of halogens is 1. The lowest BCUT2D eigenvalue weighted by Crippen LogP contribution is -2.11. The van der Waals surface area contributed by atoms with Crippen LogP contribution >= 0.6 is 15.9 Å². The number of aromatic hydroxyl groups is 2. The fourth-order valence-electron chi connectivity index (χ4n) is 3.63. The molecule has 0 aliphatic heterocycles. The molecule has 7 nitrogen and oxygen atoms in total. The Morgan fingerprint density at radius 1 is 0.630 bits per heavy atom. The third kappa shape index (κ3) is 14.5. The SMILES string of the molecule is BrCc1ccccc1.CC(=O)c1ccc(C)c(C)c1.CC(=O)c1ccc(O)c(O)c1.CCOC(=O)CC(=O)c1ccc(C)c(C)c1. The monoisotopic (exact) mass is 690 g/mol. The number of phenolic OH excluding ortho intramolecular Hbond substituents is 2. The van der Waals surface area contributed by atoms with Crippen LogP contribution in [0.25, 0.3) is 0 Å². The lowest BCUT2D eigenvalue weighted by molar-refractivity contribution is -0.141. The molecule has 0 amide bonds. The Morgan fingerprint density at radius 2 is 1.11 bits per heavy atom. The fraction of sp³-hybridized carbons (Fsp3) is 0.263. The van der Waals surface area contributed by atoms with Crippen molar-refractivity contribution < 1.29 is 34.1 Å². The Balaban J connectivity index is 0.000000316. The molecule has 8 heteroatoms. The van der Waals surface area contributed by atoms with Crippen molar-refractivity contribution in [3.8, 4) is 11.5 Å². The maximum absolute atomic E-state index is 11.7. The number of esters is 1. The van der Waals surface area contributed by atoms with Crippen molar-refractivity contribution in [3.63, 3.8) is 0 Å². The minimum Gasteiger partial charge on any atom is -0.504 e. The van der Waals surface area contributed by atoms with Gasteiger partial charge in [0.25, 0.3) is 0 Å². The largest absolute Gasteiger partial charge is 0.504 e. The number of carbonyl (C=O) groups excluding carboxylic acids is 4. The van der Waals surface area contributed by atoms with Gasteiger partial charge in [-0.25, -0.2) is 0 Å². The van der Waals surface area contributed by atoms with Gasteiger partial charge in [0.2, 0.25) is 0 Å². The third-order valence-corrected chi connectivity index (χ3v) is 7.38. The second-order valence-electron chi connectivity index (χ2n) is 10.4. The van der Waals surface area contributed by atoms with Crippen molar-refractivity contribution in [2.45, 2.75) is 60.2 Å². The van der Waals surface area contributed by atoms with Crippen LogP contribution in [0.15, 0.2) is 84.9 Å². The van der Waals surface area contributed by atoms with Gasteiger partial charge in [0, 0.05) is 22.0 Å². The van der Waals surface area contributed by atoms with E-state index in [9.17, 15) is 19.2 Å². The van der Waals surface area contributed by atoms with Gasteiger partial charge in [-0.05, 0) is 107 Å². The smallest absolute Gasteiger partial charge is 0.313 e. The van der Waals surface area contributed by atoms with E-state index in [1.807, 2.05) is 70.2 Å². The summed E-state index contributed by atoms with van der Waals surface area (Å²) in [4.78, 5) is 44.5. The third-order valence-electron chi connectivity index (χ3n) is 6.73. The lowest BCUT2D eigenvalue weighted by atomic mass is 10.0. The highest BCUT2D eigenvalue weighted by molar-refractivity contribution is 9.08. The average Bonchev–Trinajstić information content (AvgIpc) is 3.02. The second kappa shape index (κ2) is 20.5. The van der Waals surface area contributed by atoms with Crippen LogP contribution in [0.3, 0.4) is 0 Å². The van der Waals surface area contributed by atoms with Gasteiger partial charge in [0.1, 0.15) is 6.42 Å². The molecule has 0 aliphatic carbocycles.